The Labute approximate surface area is 121 Å². The number of nitrogens with one attached hydrogen (secondary N) is 1. The van der Waals surface area contributed by atoms with Gasteiger partial charge in [-0.15, -0.1) is 0 Å². The second-order valence-corrected chi connectivity index (χ2v) is 5.24. The van der Waals surface area contributed by atoms with Crippen LogP contribution in [0.2, 0.25) is 0 Å². The van der Waals surface area contributed by atoms with E-state index in [2.05, 4.69) is 5.32 Å². The molecule has 1 aromatic carbocycles. The van der Waals surface area contributed by atoms with Crippen LogP contribution < -0.4 is 10.1 Å². The number of rotatable bonds is 7. The molecule has 0 atom stereocenters. The Hall–Kier alpha value is -1.55. The summed E-state index contributed by atoms with van der Waals surface area (Å²) in [6.45, 7) is 8.07. The zero-order valence-corrected chi connectivity index (χ0v) is 12.8. The van der Waals surface area contributed by atoms with E-state index in [9.17, 15) is 9.90 Å². The average Bonchev–Trinajstić information content (AvgIpc) is 2.46. The summed E-state index contributed by atoms with van der Waals surface area (Å²) in [4.78, 5) is 11.7. The molecule has 0 aliphatic carbocycles. The van der Waals surface area contributed by atoms with E-state index >= 15 is 0 Å². The van der Waals surface area contributed by atoms with Crippen LogP contribution in [0, 0.1) is 13.8 Å². The first-order valence-corrected chi connectivity index (χ1v) is 7.09. The molecule has 0 heterocycles. The fourth-order valence-corrected chi connectivity index (χ4v) is 1.77. The number of amides is 1. The largest absolute Gasteiger partial charge is 0.484 e. The number of hydrogen-bond donors (Lipinski definition) is 2. The summed E-state index contributed by atoms with van der Waals surface area (Å²) in [5.41, 5.74) is 1.50. The summed E-state index contributed by atoms with van der Waals surface area (Å²) in [6, 6.07) is 5.73. The van der Waals surface area contributed by atoms with E-state index in [0.717, 1.165) is 5.56 Å². The third kappa shape index (κ3) is 4.85. The van der Waals surface area contributed by atoms with Crippen LogP contribution in [0.25, 0.3) is 0 Å². The molecule has 0 saturated carbocycles. The van der Waals surface area contributed by atoms with E-state index in [0.29, 0.717) is 18.6 Å². The van der Waals surface area contributed by atoms with Crippen LogP contribution >= 0.6 is 0 Å². The normalized spacial score (nSPS) is 11.2. The van der Waals surface area contributed by atoms with Gasteiger partial charge in [-0.05, 0) is 49.9 Å². The molecule has 1 aromatic rings. The van der Waals surface area contributed by atoms with E-state index in [4.69, 9.17) is 4.74 Å². The Morgan fingerprint density at radius 2 is 1.90 bits per heavy atom. The third-order valence-corrected chi connectivity index (χ3v) is 3.78. The molecule has 4 nitrogen and oxygen atoms in total. The summed E-state index contributed by atoms with van der Waals surface area (Å²) in [5, 5.41) is 12.8. The van der Waals surface area contributed by atoms with Crippen molar-refractivity contribution in [3.05, 3.63) is 29.3 Å². The van der Waals surface area contributed by atoms with Gasteiger partial charge in [-0.3, -0.25) is 4.79 Å². The number of aliphatic hydroxyl groups is 1. The van der Waals surface area contributed by atoms with Gasteiger partial charge in [-0.25, -0.2) is 0 Å². The molecule has 2 N–H and O–H groups in total. The van der Waals surface area contributed by atoms with Gasteiger partial charge in [0.1, 0.15) is 5.75 Å². The Kier molecular flexibility index (Phi) is 6.02. The minimum absolute atomic E-state index is 0.0357. The Balaban J connectivity index is 2.42. The van der Waals surface area contributed by atoms with Gasteiger partial charge in [0.25, 0.3) is 5.91 Å². The van der Waals surface area contributed by atoms with Crippen molar-refractivity contribution >= 4 is 5.91 Å². The van der Waals surface area contributed by atoms with Gasteiger partial charge < -0.3 is 15.2 Å². The van der Waals surface area contributed by atoms with Crippen molar-refractivity contribution in [2.75, 3.05) is 13.2 Å². The third-order valence-electron chi connectivity index (χ3n) is 3.78. The zero-order chi connectivity index (χ0) is 15.2. The molecule has 0 saturated heterocycles. The lowest BCUT2D eigenvalue weighted by Crippen LogP contribution is -2.43. The molecule has 4 heteroatoms. The van der Waals surface area contributed by atoms with E-state index < -0.39 is 5.60 Å². The number of carbonyl (C=O) groups is 1. The molecule has 0 unspecified atom stereocenters. The van der Waals surface area contributed by atoms with E-state index in [-0.39, 0.29) is 19.1 Å². The van der Waals surface area contributed by atoms with Gasteiger partial charge in [-0.2, -0.15) is 0 Å². The number of hydrogen-bond acceptors (Lipinski definition) is 3. The number of aryl methyl sites for hydroxylation is 2. The van der Waals surface area contributed by atoms with E-state index in [1.807, 2.05) is 45.9 Å². The second kappa shape index (κ2) is 7.29. The maximum absolute atomic E-state index is 11.7. The molecule has 0 aliphatic heterocycles. The highest BCUT2D eigenvalue weighted by Crippen LogP contribution is 2.16. The smallest absolute Gasteiger partial charge is 0.258 e. The zero-order valence-electron chi connectivity index (χ0n) is 12.8. The summed E-state index contributed by atoms with van der Waals surface area (Å²) >= 11 is 0. The lowest BCUT2D eigenvalue weighted by molar-refractivity contribution is -0.124. The van der Waals surface area contributed by atoms with Crippen LogP contribution in [-0.4, -0.2) is 29.8 Å². The van der Waals surface area contributed by atoms with Crippen LogP contribution in [0.15, 0.2) is 18.2 Å². The highest BCUT2D eigenvalue weighted by molar-refractivity contribution is 5.77. The lowest BCUT2D eigenvalue weighted by atomic mass is 9.98. The predicted molar refractivity (Wildman–Crippen MR) is 80.0 cm³/mol. The number of benzene rings is 1. The van der Waals surface area contributed by atoms with Gasteiger partial charge in [0.05, 0.1) is 5.60 Å². The van der Waals surface area contributed by atoms with Crippen molar-refractivity contribution in [3.63, 3.8) is 0 Å². The van der Waals surface area contributed by atoms with Crippen molar-refractivity contribution in [2.24, 2.45) is 0 Å². The van der Waals surface area contributed by atoms with Crippen molar-refractivity contribution in [1.82, 2.24) is 5.32 Å². The first kappa shape index (κ1) is 16.5. The van der Waals surface area contributed by atoms with Crippen molar-refractivity contribution in [1.29, 1.82) is 0 Å². The van der Waals surface area contributed by atoms with Crippen molar-refractivity contribution in [3.8, 4) is 5.75 Å². The molecule has 1 amide bonds. The van der Waals surface area contributed by atoms with Crippen LogP contribution in [0.3, 0.4) is 0 Å². The van der Waals surface area contributed by atoms with Crippen LogP contribution in [-0.2, 0) is 4.79 Å². The number of carbonyl (C=O) groups excluding carboxylic acids is 1. The molecule has 0 aliphatic rings. The molecule has 20 heavy (non-hydrogen) atoms. The van der Waals surface area contributed by atoms with Crippen molar-refractivity contribution < 1.29 is 14.6 Å². The van der Waals surface area contributed by atoms with Gasteiger partial charge >= 0.3 is 0 Å². The Bertz CT molecular complexity index is 453. The van der Waals surface area contributed by atoms with Crippen LogP contribution in [0.4, 0.5) is 0 Å². The maximum atomic E-state index is 11.7. The summed E-state index contributed by atoms with van der Waals surface area (Å²) in [7, 11) is 0. The predicted octanol–water partition coefficient (Wildman–Crippen LogP) is 2.35. The summed E-state index contributed by atoms with van der Waals surface area (Å²) in [6.07, 6.45) is 1.23. The minimum Gasteiger partial charge on any atom is -0.484 e. The Morgan fingerprint density at radius 3 is 2.45 bits per heavy atom. The van der Waals surface area contributed by atoms with Crippen LogP contribution in [0.1, 0.15) is 37.8 Å². The standard InChI is InChI=1S/C16H25NO3/c1-5-16(19,6-2)11-17-15(18)10-20-14-8-7-12(3)13(4)9-14/h7-9,19H,5-6,10-11H2,1-4H3,(H,17,18). The van der Waals surface area contributed by atoms with E-state index in [1.165, 1.54) is 5.56 Å². The number of ether oxygens (including phenoxy) is 1. The van der Waals surface area contributed by atoms with Gasteiger partial charge in [0.2, 0.25) is 0 Å². The Morgan fingerprint density at radius 1 is 1.25 bits per heavy atom. The first-order chi connectivity index (χ1) is 9.40. The van der Waals surface area contributed by atoms with E-state index in [1.54, 1.807) is 0 Å². The fourth-order valence-electron chi connectivity index (χ4n) is 1.77. The molecule has 112 valence electrons. The fraction of sp³-hybridized carbons (Fsp3) is 0.562. The quantitative estimate of drug-likeness (QED) is 0.805. The second-order valence-electron chi connectivity index (χ2n) is 5.24. The SMILES string of the molecule is CCC(O)(CC)CNC(=O)COc1ccc(C)c(C)c1. The molecule has 1 rings (SSSR count). The molecule has 0 radical (unpaired) electrons. The topological polar surface area (TPSA) is 58.6 Å². The first-order valence-electron chi connectivity index (χ1n) is 7.09. The summed E-state index contributed by atoms with van der Waals surface area (Å²) in [5.74, 6) is 0.466. The van der Waals surface area contributed by atoms with Crippen molar-refractivity contribution in [2.45, 2.75) is 46.1 Å². The molecule has 0 fully saturated rings. The molecule has 0 spiro atoms. The average molecular weight is 279 g/mol. The highest BCUT2D eigenvalue weighted by Gasteiger charge is 2.22. The van der Waals surface area contributed by atoms with Gasteiger partial charge in [0.15, 0.2) is 6.61 Å². The summed E-state index contributed by atoms with van der Waals surface area (Å²) < 4.78 is 5.44. The lowest BCUT2D eigenvalue weighted by Gasteiger charge is -2.25. The molecular formula is C16H25NO3. The molecule has 0 aromatic heterocycles. The minimum atomic E-state index is -0.823. The monoisotopic (exact) mass is 279 g/mol. The molecule has 0 bridgehead atoms. The van der Waals surface area contributed by atoms with Gasteiger partial charge in [0, 0.05) is 6.54 Å². The van der Waals surface area contributed by atoms with Gasteiger partial charge in [-0.1, -0.05) is 19.9 Å². The molecular weight excluding hydrogens is 254 g/mol. The van der Waals surface area contributed by atoms with Crippen LogP contribution in [0.5, 0.6) is 5.75 Å². The maximum Gasteiger partial charge on any atom is 0.258 e. The highest BCUT2D eigenvalue weighted by atomic mass is 16.5.